The second-order valence-electron chi connectivity index (χ2n) is 7.87. The largest absolute Gasteiger partial charge is 0.490 e. The smallest absolute Gasteiger partial charge is 0.233 e. The fourth-order valence-corrected chi connectivity index (χ4v) is 5.36. The van der Waals surface area contributed by atoms with Crippen LogP contribution in [0, 0.1) is 0 Å². The number of fused-ring (bicyclic) bond motifs is 1. The number of nitrogens with zero attached hydrogens (tertiary/aromatic N) is 2. The quantitative estimate of drug-likeness (QED) is 0.570. The van der Waals surface area contributed by atoms with Gasteiger partial charge in [0, 0.05) is 37.6 Å². The number of benzene rings is 2. The molecule has 1 amide bonds. The van der Waals surface area contributed by atoms with E-state index in [1.165, 1.54) is 16.0 Å². The molecule has 0 bridgehead atoms. The van der Waals surface area contributed by atoms with E-state index in [-0.39, 0.29) is 12.5 Å². The number of anilines is 1. The van der Waals surface area contributed by atoms with E-state index in [9.17, 15) is 9.90 Å². The number of rotatable bonds is 5. The number of carbonyl (C=O) groups excluding carboxylic acids is 1. The maximum atomic E-state index is 13.0. The first-order valence-electron chi connectivity index (χ1n) is 10.3. The summed E-state index contributed by atoms with van der Waals surface area (Å²) in [6.07, 6.45) is 0. The van der Waals surface area contributed by atoms with Crippen molar-refractivity contribution in [3.63, 3.8) is 0 Å². The van der Waals surface area contributed by atoms with Gasteiger partial charge in [0.05, 0.1) is 18.2 Å². The van der Waals surface area contributed by atoms with Crippen LogP contribution in [0.15, 0.2) is 64.6 Å². The highest BCUT2D eigenvalue weighted by molar-refractivity contribution is 7.97. The van der Waals surface area contributed by atoms with Crippen molar-refractivity contribution in [1.82, 2.24) is 9.21 Å². The van der Waals surface area contributed by atoms with Crippen LogP contribution in [0.25, 0.3) is 0 Å². The molecule has 3 aliphatic heterocycles. The van der Waals surface area contributed by atoms with Crippen molar-refractivity contribution in [2.45, 2.75) is 10.8 Å². The lowest BCUT2D eigenvalue weighted by atomic mass is 9.98. The third kappa shape index (κ3) is 3.80. The molecule has 0 aliphatic carbocycles. The summed E-state index contributed by atoms with van der Waals surface area (Å²) in [4.78, 5) is 16.1. The van der Waals surface area contributed by atoms with Gasteiger partial charge < -0.3 is 20.1 Å². The van der Waals surface area contributed by atoms with Crippen molar-refractivity contribution in [2.24, 2.45) is 0 Å². The van der Waals surface area contributed by atoms with Crippen LogP contribution < -0.4 is 10.1 Å². The van der Waals surface area contributed by atoms with Gasteiger partial charge in [0.15, 0.2) is 0 Å². The van der Waals surface area contributed by atoms with Crippen LogP contribution in [0.4, 0.5) is 5.69 Å². The Labute approximate surface area is 180 Å². The van der Waals surface area contributed by atoms with Gasteiger partial charge in [0.1, 0.15) is 12.4 Å². The van der Waals surface area contributed by atoms with Crippen molar-refractivity contribution < 1.29 is 14.6 Å². The molecule has 0 radical (unpaired) electrons. The molecule has 2 N–H and O–H groups in total. The van der Waals surface area contributed by atoms with Crippen LogP contribution in [0.3, 0.4) is 0 Å². The molecule has 0 fully saturated rings. The zero-order chi connectivity index (χ0) is 20.5. The minimum Gasteiger partial charge on any atom is -0.490 e. The number of aliphatic hydroxyl groups is 1. The Morgan fingerprint density at radius 2 is 1.87 bits per heavy atom. The molecule has 0 spiro atoms. The summed E-state index contributed by atoms with van der Waals surface area (Å²) in [6.45, 7) is 4.42. The fraction of sp³-hybridized carbons (Fsp3) is 0.348. The Morgan fingerprint density at radius 1 is 1.10 bits per heavy atom. The molecule has 30 heavy (non-hydrogen) atoms. The zero-order valence-corrected chi connectivity index (χ0v) is 17.5. The molecule has 0 saturated carbocycles. The normalized spacial score (nSPS) is 19.2. The maximum Gasteiger partial charge on any atom is 0.233 e. The molecule has 0 saturated heterocycles. The van der Waals surface area contributed by atoms with Crippen molar-refractivity contribution in [3.8, 4) is 5.75 Å². The average Bonchev–Trinajstić information content (AvgIpc) is 3.33. The summed E-state index contributed by atoms with van der Waals surface area (Å²) >= 11 is 1.75. The molecule has 7 heteroatoms. The first kappa shape index (κ1) is 19.5. The van der Waals surface area contributed by atoms with Crippen LogP contribution in [0.2, 0.25) is 0 Å². The minimum absolute atomic E-state index is 0.0121. The molecule has 5 rings (SSSR count). The number of hydrogen-bond donors (Lipinski definition) is 2. The first-order chi connectivity index (χ1) is 14.7. The molecule has 3 aliphatic rings. The summed E-state index contributed by atoms with van der Waals surface area (Å²) in [5, 5.41) is 13.2. The predicted molar refractivity (Wildman–Crippen MR) is 118 cm³/mol. The highest BCUT2D eigenvalue weighted by Crippen LogP contribution is 2.37. The predicted octanol–water partition coefficient (Wildman–Crippen LogP) is 2.73. The minimum atomic E-state index is -0.484. The van der Waals surface area contributed by atoms with Gasteiger partial charge in [-0.3, -0.25) is 4.79 Å². The van der Waals surface area contributed by atoms with Crippen LogP contribution in [-0.4, -0.2) is 66.2 Å². The van der Waals surface area contributed by atoms with Crippen LogP contribution in [0.1, 0.15) is 11.5 Å². The van der Waals surface area contributed by atoms with Crippen molar-refractivity contribution in [2.75, 3.05) is 51.3 Å². The van der Waals surface area contributed by atoms with E-state index in [4.69, 9.17) is 4.74 Å². The van der Waals surface area contributed by atoms with E-state index in [1.807, 2.05) is 41.3 Å². The number of carbonyl (C=O) groups is 1. The van der Waals surface area contributed by atoms with Gasteiger partial charge in [-0.2, -0.15) is 0 Å². The van der Waals surface area contributed by atoms with E-state index in [1.54, 1.807) is 11.9 Å². The average molecular weight is 424 g/mol. The lowest BCUT2D eigenvalue weighted by Gasteiger charge is -2.26. The SMILES string of the molecule is O=C(C(CO)c1ccccc1)N1CC2=C(CN(Sc3ccc4c(c3)NCCO4)C2)C1. The molecule has 1 atom stereocenters. The summed E-state index contributed by atoms with van der Waals surface area (Å²) < 4.78 is 8.00. The van der Waals surface area contributed by atoms with Gasteiger partial charge in [-0.25, -0.2) is 4.31 Å². The second kappa shape index (κ2) is 8.34. The first-order valence-corrected chi connectivity index (χ1v) is 11.1. The Kier molecular flexibility index (Phi) is 5.41. The molecule has 0 aromatic heterocycles. The van der Waals surface area contributed by atoms with Gasteiger partial charge in [-0.1, -0.05) is 30.3 Å². The lowest BCUT2D eigenvalue weighted by Crippen LogP contribution is -2.37. The molecule has 2 aromatic rings. The molecule has 2 aromatic carbocycles. The van der Waals surface area contributed by atoms with Crippen molar-refractivity contribution in [3.05, 3.63) is 65.2 Å². The maximum absolute atomic E-state index is 13.0. The summed E-state index contributed by atoms with van der Waals surface area (Å²) in [6, 6.07) is 15.8. The summed E-state index contributed by atoms with van der Waals surface area (Å²) in [5.41, 5.74) is 4.60. The highest BCUT2D eigenvalue weighted by Gasteiger charge is 2.35. The third-order valence-electron chi connectivity index (χ3n) is 5.85. The van der Waals surface area contributed by atoms with Gasteiger partial charge in [0.25, 0.3) is 0 Å². The van der Waals surface area contributed by atoms with Crippen molar-refractivity contribution in [1.29, 1.82) is 0 Å². The standard InChI is InChI=1S/C23H25N3O3S/c27-15-20(16-4-2-1-3-5-16)23(28)25-11-17-13-26(14-18(17)12-25)30-19-6-7-22-21(10-19)24-8-9-29-22/h1-7,10,20,24,27H,8-9,11-15H2. The van der Waals surface area contributed by atoms with Gasteiger partial charge >= 0.3 is 0 Å². The van der Waals surface area contributed by atoms with Crippen LogP contribution in [-0.2, 0) is 4.79 Å². The molecule has 3 heterocycles. The number of aliphatic hydroxyl groups excluding tert-OH is 1. The second-order valence-corrected chi connectivity index (χ2v) is 9.04. The monoisotopic (exact) mass is 423 g/mol. The Bertz CT molecular complexity index is 961. The third-order valence-corrected chi connectivity index (χ3v) is 6.83. The number of nitrogens with one attached hydrogen (secondary N) is 1. The number of hydrogen-bond acceptors (Lipinski definition) is 6. The Balaban J connectivity index is 1.19. The lowest BCUT2D eigenvalue weighted by molar-refractivity contribution is -0.132. The molecule has 6 nitrogen and oxygen atoms in total. The van der Waals surface area contributed by atoms with Crippen LogP contribution >= 0.6 is 11.9 Å². The van der Waals surface area contributed by atoms with E-state index in [2.05, 4.69) is 21.8 Å². The van der Waals surface area contributed by atoms with E-state index in [0.29, 0.717) is 19.7 Å². The molecule has 156 valence electrons. The molecule has 1 unspecified atom stereocenters. The number of ether oxygens (including phenoxy) is 1. The molecular formula is C23H25N3O3S. The van der Waals surface area contributed by atoms with E-state index < -0.39 is 5.92 Å². The topological polar surface area (TPSA) is 65.0 Å². The van der Waals surface area contributed by atoms with Crippen LogP contribution in [0.5, 0.6) is 5.75 Å². The van der Waals surface area contributed by atoms with E-state index >= 15 is 0 Å². The summed E-state index contributed by atoms with van der Waals surface area (Å²) in [7, 11) is 0. The van der Waals surface area contributed by atoms with Gasteiger partial charge in [-0.15, -0.1) is 0 Å². The molecular weight excluding hydrogens is 398 g/mol. The zero-order valence-electron chi connectivity index (χ0n) is 16.7. The van der Waals surface area contributed by atoms with Gasteiger partial charge in [0.2, 0.25) is 5.91 Å². The fourth-order valence-electron chi connectivity index (χ4n) is 4.32. The van der Waals surface area contributed by atoms with E-state index in [0.717, 1.165) is 36.6 Å². The van der Waals surface area contributed by atoms with Crippen molar-refractivity contribution >= 4 is 23.5 Å². The highest BCUT2D eigenvalue weighted by atomic mass is 32.2. The summed E-state index contributed by atoms with van der Waals surface area (Å²) in [5.74, 6) is 0.443. The Hall–Kier alpha value is -2.48. The number of amides is 1. The van der Waals surface area contributed by atoms with Gasteiger partial charge in [-0.05, 0) is 46.9 Å². The Morgan fingerprint density at radius 3 is 2.60 bits per heavy atom.